The van der Waals surface area contributed by atoms with Crippen molar-refractivity contribution in [2.24, 2.45) is 11.8 Å². The molecule has 0 bridgehead atoms. The summed E-state index contributed by atoms with van der Waals surface area (Å²) >= 11 is 0. The summed E-state index contributed by atoms with van der Waals surface area (Å²) in [6.07, 6.45) is 26.3. The molecule has 0 heteroatoms. The molecule has 0 fully saturated rings. The highest BCUT2D eigenvalue weighted by Gasteiger charge is 2.26. The first kappa shape index (κ1) is 18.0. The average molecular weight is 361 g/mol. The van der Waals surface area contributed by atoms with E-state index in [0.717, 1.165) is 0 Å². The molecular formula is C28H24. The van der Waals surface area contributed by atoms with Crippen LogP contribution in [-0.4, -0.2) is 0 Å². The molecule has 28 heavy (non-hydrogen) atoms. The van der Waals surface area contributed by atoms with E-state index in [2.05, 4.69) is 97.2 Å². The summed E-state index contributed by atoms with van der Waals surface area (Å²) in [5, 5.41) is 0. The highest BCUT2D eigenvalue weighted by molar-refractivity contribution is 5.69. The van der Waals surface area contributed by atoms with Gasteiger partial charge in [0.05, 0.1) is 0 Å². The van der Waals surface area contributed by atoms with Gasteiger partial charge in [-0.05, 0) is 22.3 Å². The lowest BCUT2D eigenvalue weighted by Crippen LogP contribution is -2.19. The van der Waals surface area contributed by atoms with Crippen LogP contribution in [0.1, 0.15) is 11.1 Å². The first-order valence-electron chi connectivity index (χ1n) is 9.80. The van der Waals surface area contributed by atoms with Crippen molar-refractivity contribution >= 4 is 12.2 Å². The van der Waals surface area contributed by atoms with E-state index >= 15 is 0 Å². The Morgan fingerprint density at radius 2 is 0.929 bits per heavy atom. The lowest BCUT2D eigenvalue weighted by Gasteiger charge is -2.30. The Morgan fingerprint density at radius 1 is 0.500 bits per heavy atom. The fourth-order valence-corrected chi connectivity index (χ4v) is 3.65. The molecule has 5 rings (SSSR count). The second-order valence-electron chi connectivity index (χ2n) is 7.03. The molecular weight excluding hydrogens is 336 g/mol. The Bertz CT molecular complexity index is 909. The van der Waals surface area contributed by atoms with Gasteiger partial charge in [0, 0.05) is 11.8 Å². The Morgan fingerprint density at radius 3 is 1.36 bits per heavy atom. The maximum Gasteiger partial charge on any atom is 0.0125 e. The summed E-state index contributed by atoms with van der Waals surface area (Å²) in [7, 11) is 0. The summed E-state index contributed by atoms with van der Waals surface area (Å²) in [5.74, 6) is 1.11. The van der Waals surface area contributed by atoms with Crippen LogP contribution in [0, 0.1) is 11.8 Å². The van der Waals surface area contributed by atoms with Crippen LogP contribution in [-0.2, 0) is 0 Å². The number of hydrogen-bond acceptors (Lipinski definition) is 0. The van der Waals surface area contributed by atoms with Crippen LogP contribution < -0.4 is 0 Å². The molecule has 3 aliphatic carbocycles. The van der Waals surface area contributed by atoms with Gasteiger partial charge in [-0.1, -0.05) is 134 Å². The van der Waals surface area contributed by atoms with Crippen LogP contribution in [0.3, 0.4) is 0 Å². The van der Waals surface area contributed by atoms with Crippen molar-refractivity contribution in [1.29, 1.82) is 0 Å². The SMILES string of the molecule is C(=C/c1ccccc1)/c1ccccc1.C1=CC2=CC=C3C=CC=CC3C2C=C1. The minimum absolute atomic E-state index is 0.557. The summed E-state index contributed by atoms with van der Waals surface area (Å²) in [4.78, 5) is 0. The smallest absolute Gasteiger partial charge is 0.0125 e. The summed E-state index contributed by atoms with van der Waals surface area (Å²) in [6.45, 7) is 0. The summed E-state index contributed by atoms with van der Waals surface area (Å²) < 4.78 is 0. The fraction of sp³-hybridized carbons (Fsp3) is 0.0714. The molecule has 2 unspecified atom stereocenters. The Balaban J connectivity index is 0.000000137. The molecule has 0 saturated carbocycles. The van der Waals surface area contributed by atoms with Gasteiger partial charge in [-0.25, -0.2) is 0 Å². The van der Waals surface area contributed by atoms with E-state index in [1.807, 2.05) is 36.4 Å². The van der Waals surface area contributed by atoms with Gasteiger partial charge in [-0.15, -0.1) is 0 Å². The van der Waals surface area contributed by atoms with E-state index in [9.17, 15) is 0 Å². The minimum atomic E-state index is 0.557. The molecule has 136 valence electrons. The van der Waals surface area contributed by atoms with Crippen molar-refractivity contribution in [3.8, 4) is 0 Å². The van der Waals surface area contributed by atoms with Crippen LogP contribution >= 0.6 is 0 Å². The maximum absolute atomic E-state index is 2.30. The molecule has 0 saturated heterocycles. The molecule has 2 aromatic rings. The van der Waals surface area contributed by atoms with Crippen molar-refractivity contribution in [2.75, 3.05) is 0 Å². The fourth-order valence-electron chi connectivity index (χ4n) is 3.65. The van der Waals surface area contributed by atoms with Crippen LogP contribution in [0.25, 0.3) is 12.2 Å². The monoisotopic (exact) mass is 360 g/mol. The average Bonchev–Trinajstić information content (AvgIpc) is 2.79. The van der Waals surface area contributed by atoms with Crippen molar-refractivity contribution in [1.82, 2.24) is 0 Å². The first-order chi connectivity index (χ1) is 13.9. The summed E-state index contributed by atoms with van der Waals surface area (Å²) in [6, 6.07) is 20.6. The van der Waals surface area contributed by atoms with Gasteiger partial charge in [-0.2, -0.15) is 0 Å². The number of benzene rings is 2. The number of fused-ring (bicyclic) bond motifs is 3. The molecule has 2 atom stereocenters. The number of hydrogen-bond donors (Lipinski definition) is 0. The molecule has 0 aromatic heterocycles. The molecule has 2 aromatic carbocycles. The zero-order valence-electron chi connectivity index (χ0n) is 15.9. The second-order valence-corrected chi connectivity index (χ2v) is 7.03. The van der Waals surface area contributed by atoms with Crippen molar-refractivity contribution in [3.05, 3.63) is 144 Å². The zero-order valence-corrected chi connectivity index (χ0v) is 15.9. The Kier molecular flexibility index (Phi) is 5.80. The molecule has 0 N–H and O–H groups in total. The largest absolute Gasteiger partial charge is 0.0761 e. The first-order valence-corrected chi connectivity index (χ1v) is 9.80. The van der Waals surface area contributed by atoms with Crippen LogP contribution in [0.2, 0.25) is 0 Å². The zero-order chi connectivity index (χ0) is 19.0. The van der Waals surface area contributed by atoms with Gasteiger partial charge in [0.1, 0.15) is 0 Å². The Hall–Kier alpha value is -3.38. The number of rotatable bonds is 2. The highest BCUT2D eigenvalue weighted by Crippen LogP contribution is 2.37. The summed E-state index contributed by atoms with van der Waals surface area (Å²) in [5.41, 5.74) is 5.33. The van der Waals surface area contributed by atoms with Gasteiger partial charge in [0.25, 0.3) is 0 Å². The molecule has 0 aliphatic heterocycles. The molecule has 0 nitrogen and oxygen atoms in total. The van der Waals surface area contributed by atoms with E-state index in [4.69, 9.17) is 0 Å². The third kappa shape index (κ3) is 4.47. The maximum atomic E-state index is 2.30. The van der Waals surface area contributed by atoms with Crippen LogP contribution in [0.15, 0.2) is 133 Å². The topological polar surface area (TPSA) is 0 Å². The quantitative estimate of drug-likeness (QED) is 0.497. The van der Waals surface area contributed by atoms with Gasteiger partial charge in [0.2, 0.25) is 0 Å². The van der Waals surface area contributed by atoms with Crippen molar-refractivity contribution in [3.63, 3.8) is 0 Å². The van der Waals surface area contributed by atoms with Crippen molar-refractivity contribution in [2.45, 2.75) is 0 Å². The number of allylic oxidation sites excluding steroid dienone is 12. The van der Waals surface area contributed by atoms with Crippen LogP contribution in [0.5, 0.6) is 0 Å². The lowest BCUT2D eigenvalue weighted by molar-refractivity contribution is 0.615. The molecule has 0 amide bonds. The molecule has 0 heterocycles. The third-order valence-electron chi connectivity index (χ3n) is 5.13. The Labute approximate surface area is 167 Å². The van der Waals surface area contributed by atoms with Crippen LogP contribution in [0.4, 0.5) is 0 Å². The van der Waals surface area contributed by atoms with E-state index in [0.29, 0.717) is 11.8 Å². The van der Waals surface area contributed by atoms with E-state index in [-0.39, 0.29) is 0 Å². The third-order valence-corrected chi connectivity index (χ3v) is 5.13. The molecule has 0 spiro atoms. The standard InChI is InChI=1S/2C14H12/c1-3-7-13-11(5-1)9-10-12-6-2-4-8-14(12)13;1-3-7-13(8-4-1)11-12-14-9-5-2-6-10-14/h1-10,13-14H;1-12H/b;12-11-. The van der Waals surface area contributed by atoms with E-state index in [1.165, 1.54) is 22.3 Å². The van der Waals surface area contributed by atoms with E-state index in [1.54, 1.807) is 0 Å². The minimum Gasteiger partial charge on any atom is -0.0761 e. The van der Waals surface area contributed by atoms with Gasteiger partial charge in [-0.3, -0.25) is 0 Å². The highest BCUT2D eigenvalue weighted by atomic mass is 14.3. The molecule has 3 aliphatic rings. The normalized spacial score (nSPS) is 21.3. The van der Waals surface area contributed by atoms with Gasteiger partial charge < -0.3 is 0 Å². The predicted octanol–water partition coefficient (Wildman–Crippen LogP) is 7.19. The van der Waals surface area contributed by atoms with E-state index < -0.39 is 0 Å². The second kappa shape index (κ2) is 9.01. The van der Waals surface area contributed by atoms with Gasteiger partial charge in [0.15, 0.2) is 0 Å². The molecule has 0 radical (unpaired) electrons. The lowest BCUT2D eigenvalue weighted by atomic mass is 9.74. The predicted molar refractivity (Wildman–Crippen MR) is 122 cm³/mol. The van der Waals surface area contributed by atoms with Crippen molar-refractivity contribution < 1.29 is 0 Å². The van der Waals surface area contributed by atoms with Gasteiger partial charge >= 0.3 is 0 Å².